The van der Waals surface area contributed by atoms with Crippen LogP contribution in [0.4, 0.5) is 0 Å². The van der Waals surface area contributed by atoms with Gasteiger partial charge in [0.2, 0.25) is 0 Å². The van der Waals surface area contributed by atoms with E-state index in [-0.39, 0.29) is 6.04 Å². The third-order valence-electron chi connectivity index (χ3n) is 5.55. The van der Waals surface area contributed by atoms with Crippen molar-refractivity contribution in [3.05, 3.63) is 45.5 Å². The fourth-order valence-electron chi connectivity index (χ4n) is 3.36. The lowest BCUT2D eigenvalue weighted by atomic mass is 10.0. The molecular weight excluding hydrogens is 302 g/mol. The Hall–Kier alpha value is -0.770. The van der Waals surface area contributed by atoms with Gasteiger partial charge in [-0.15, -0.1) is 11.3 Å². The first-order valence-electron chi connectivity index (χ1n) is 7.36. The minimum Gasteiger partial charge on any atom is -0.467 e. The Morgan fingerprint density at radius 2 is 1.95 bits per heavy atom. The summed E-state index contributed by atoms with van der Waals surface area (Å²) in [4.78, 5) is 1.20. The van der Waals surface area contributed by atoms with Crippen LogP contribution in [0.1, 0.15) is 44.4 Å². The zero-order chi connectivity index (χ0) is 15.3. The molecule has 0 amide bonds. The molecule has 1 aliphatic rings. The van der Waals surface area contributed by atoms with Crippen molar-refractivity contribution in [1.82, 2.24) is 5.32 Å². The van der Waals surface area contributed by atoms with Crippen molar-refractivity contribution in [2.24, 2.45) is 16.7 Å². The molecule has 3 rings (SSSR count). The maximum atomic E-state index is 6.09. The Bertz CT molecular complexity index is 601. The molecule has 1 unspecified atom stereocenters. The van der Waals surface area contributed by atoms with Gasteiger partial charge in [0.1, 0.15) is 11.8 Å². The van der Waals surface area contributed by atoms with Gasteiger partial charge in [0.25, 0.3) is 0 Å². The van der Waals surface area contributed by atoms with E-state index in [1.807, 2.05) is 18.2 Å². The highest BCUT2D eigenvalue weighted by atomic mass is 35.5. The highest BCUT2D eigenvalue weighted by Gasteiger charge is 2.64. The van der Waals surface area contributed by atoms with Gasteiger partial charge in [0, 0.05) is 11.4 Å². The van der Waals surface area contributed by atoms with Crippen LogP contribution >= 0.6 is 22.9 Å². The second kappa shape index (κ2) is 5.15. The first-order valence-corrected chi connectivity index (χ1v) is 8.55. The van der Waals surface area contributed by atoms with Crippen LogP contribution in [0, 0.1) is 16.7 Å². The lowest BCUT2D eigenvalue weighted by molar-refractivity contribution is 0.429. The smallest absolute Gasteiger partial charge is 0.126 e. The predicted molar refractivity (Wildman–Crippen MR) is 88.9 cm³/mol. The maximum absolute atomic E-state index is 6.09. The number of furan rings is 1. The highest BCUT2D eigenvalue weighted by Crippen LogP contribution is 2.68. The first kappa shape index (κ1) is 15.1. The third-order valence-corrected chi connectivity index (χ3v) is 6.85. The number of thiophene rings is 1. The van der Waals surface area contributed by atoms with Crippen LogP contribution in [0.5, 0.6) is 0 Å². The van der Waals surface area contributed by atoms with Gasteiger partial charge in [-0.2, -0.15) is 0 Å². The number of halogens is 1. The summed E-state index contributed by atoms with van der Waals surface area (Å²) in [6.45, 7) is 10.4. The van der Waals surface area contributed by atoms with Gasteiger partial charge in [-0.3, -0.25) is 0 Å². The zero-order valence-electron chi connectivity index (χ0n) is 12.9. The van der Waals surface area contributed by atoms with Gasteiger partial charge >= 0.3 is 0 Å². The van der Waals surface area contributed by atoms with Crippen LogP contribution in [-0.2, 0) is 0 Å². The van der Waals surface area contributed by atoms with Crippen LogP contribution in [0.2, 0.25) is 4.34 Å². The maximum Gasteiger partial charge on any atom is 0.126 e. The Morgan fingerprint density at radius 3 is 2.43 bits per heavy atom. The Kier molecular flexibility index (Phi) is 3.71. The van der Waals surface area contributed by atoms with Gasteiger partial charge in [-0.05, 0) is 41.0 Å². The summed E-state index contributed by atoms with van der Waals surface area (Å²) in [7, 11) is 0. The molecule has 2 aromatic heterocycles. The molecule has 0 bridgehead atoms. The molecule has 1 aliphatic carbocycles. The van der Waals surface area contributed by atoms with Crippen LogP contribution in [-0.4, -0.2) is 6.54 Å². The Morgan fingerprint density at radius 1 is 1.24 bits per heavy atom. The summed E-state index contributed by atoms with van der Waals surface area (Å²) < 4.78 is 6.43. The topological polar surface area (TPSA) is 25.2 Å². The molecule has 0 aromatic carbocycles. The minimum absolute atomic E-state index is 0.0877. The summed E-state index contributed by atoms with van der Waals surface area (Å²) >= 11 is 7.70. The van der Waals surface area contributed by atoms with E-state index in [9.17, 15) is 0 Å². The molecule has 1 fully saturated rings. The van der Waals surface area contributed by atoms with Crippen molar-refractivity contribution in [2.75, 3.05) is 6.54 Å². The molecule has 2 nitrogen and oxygen atoms in total. The van der Waals surface area contributed by atoms with E-state index < -0.39 is 0 Å². The molecule has 2 heterocycles. The molecule has 0 aliphatic heterocycles. The van der Waals surface area contributed by atoms with Crippen LogP contribution < -0.4 is 5.32 Å². The number of hydrogen-bond donors (Lipinski definition) is 1. The minimum atomic E-state index is 0.0877. The van der Waals surface area contributed by atoms with E-state index in [2.05, 4.69) is 39.1 Å². The van der Waals surface area contributed by atoms with Gasteiger partial charge in [0.15, 0.2) is 0 Å². The largest absolute Gasteiger partial charge is 0.467 e. The average Bonchev–Trinajstić information content (AvgIpc) is 2.93. The number of hydrogen-bond acceptors (Lipinski definition) is 3. The van der Waals surface area contributed by atoms with E-state index in [0.717, 1.165) is 16.6 Å². The second-order valence-corrected chi connectivity index (χ2v) is 8.74. The lowest BCUT2D eigenvalue weighted by Gasteiger charge is -2.16. The lowest BCUT2D eigenvalue weighted by Crippen LogP contribution is -2.25. The summed E-state index contributed by atoms with van der Waals surface area (Å²) in [5.41, 5.74) is 0.779. The molecule has 0 spiro atoms. The van der Waals surface area contributed by atoms with E-state index in [0.29, 0.717) is 16.7 Å². The van der Waals surface area contributed by atoms with Gasteiger partial charge in [-0.25, -0.2) is 0 Å². The second-order valence-electron chi connectivity index (χ2n) is 6.99. The van der Waals surface area contributed by atoms with E-state index >= 15 is 0 Å². The monoisotopic (exact) mass is 323 g/mol. The van der Waals surface area contributed by atoms with Crippen LogP contribution in [0.3, 0.4) is 0 Å². The van der Waals surface area contributed by atoms with Crippen molar-refractivity contribution in [2.45, 2.75) is 33.7 Å². The van der Waals surface area contributed by atoms with Crippen LogP contribution in [0.25, 0.3) is 0 Å². The molecule has 4 heteroatoms. The Labute approximate surface area is 135 Å². The number of nitrogens with one attached hydrogen (secondary N) is 1. The molecular formula is C17H22ClNOS. The fourth-order valence-corrected chi connectivity index (χ4v) is 4.50. The Balaban J connectivity index is 1.76. The third kappa shape index (κ3) is 2.56. The summed E-state index contributed by atoms with van der Waals surface area (Å²) in [5, 5.41) is 3.68. The average molecular weight is 324 g/mol. The molecule has 21 heavy (non-hydrogen) atoms. The molecule has 0 radical (unpaired) electrons. The molecule has 1 saturated carbocycles. The standard InChI is InChI=1S/C17H22ClNOS/c1-16(2)13(17(16,3)4)10-19-15(11-6-5-9-20-11)12-7-8-14(18)21-12/h5-9,13,15,19H,10H2,1-4H3. The van der Waals surface area contributed by atoms with Crippen molar-refractivity contribution in [1.29, 1.82) is 0 Å². The first-order chi connectivity index (χ1) is 9.84. The van der Waals surface area contributed by atoms with E-state index in [1.165, 1.54) is 4.88 Å². The zero-order valence-corrected chi connectivity index (χ0v) is 14.5. The van der Waals surface area contributed by atoms with Gasteiger partial charge in [0.05, 0.1) is 10.6 Å². The molecule has 1 atom stereocenters. The molecule has 114 valence electrons. The molecule has 1 N–H and O–H groups in total. The number of rotatable bonds is 5. The fraction of sp³-hybridized carbons (Fsp3) is 0.529. The highest BCUT2D eigenvalue weighted by molar-refractivity contribution is 7.16. The summed E-state index contributed by atoms with van der Waals surface area (Å²) in [6, 6.07) is 8.07. The van der Waals surface area contributed by atoms with Crippen LogP contribution in [0.15, 0.2) is 34.9 Å². The van der Waals surface area contributed by atoms with Gasteiger partial charge < -0.3 is 9.73 Å². The van der Waals surface area contributed by atoms with E-state index in [1.54, 1.807) is 17.6 Å². The normalized spacial score (nSPS) is 21.4. The molecule has 0 saturated heterocycles. The van der Waals surface area contributed by atoms with Crippen molar-refractivity contribution in [3.63, 3.8) is 0 Å². The van der Waals surface area contributed by atoms with Crippen molar-refractivity contribution in [3.8, 4) is 0 Å². The predicted octanol–water partition coefficient (Wildman–Crippen LogP) is 5.36. The van der Waals surface area contributed by atoms with E-state index in [4.69, 9.17) is 16.0 Å². The molecule has 2 aromatic rings. The summed E-state index contributed by atoms with van der Waals surface area (Å²) in [5.74, 6) is 1.63. The van der Waals surface area contributed by atoms with Gasteiger partial charge in [-0.1, -0.05) is 39.3 Å². The quantitative estimate of drug-likeness (QED) is 0.801. The summed E-state index contributed by atoms with van der Waals surface area (Å²) in [6.07, 6.45) is 1.73. The van der Waals surface area contributed by atoms with Crippen molar-refractivity contribution >= 4 is 22.9 Å². The van der Waals surface area contributed by atoms with Crippen molar-refractivity contribution < 1.29 is 4.42 Å². The SMILES string of the molecule is CC1(C)C(CNC(c2ccco2)c2ccc(Cl)s2)C1(C)C.